The molecular weight excluding hydrogens is 340 g/mol. The van der Waals surface area contributed by atoms with Crippen LogP contribution in [0.25, 0.3) is 0 Å². The van der Waals surface area contributed by atoms with E-state index in [-0.39, 0.29) is 12.1 Å². The van der Waals surface area contributed by atoms with Crippen LogP contribution in [-0.4, -0.2) is 42.2 Å². The Morgan fingerprint density at radius 3 is 2.48 bits per heavy atom. The Labute approximate surface area is 160 Å². The maximum Gasteiger partial charge on any atom is 0.319 e. The molecule has 0 unspecified atom stereocenters. The fourth-order valence-corrected chi connectivity index (χ4v) is 3.29. The molecule has 27 heavy (non-hydrogen) atoms. The smallest absolute Gasteiger partial charge is 0.319 e. The van der Waals surface area contributed by atoms with Gasteiger partial charge in [0.25, 0.3) is 0 Å². The molecule has 0 atom stereocenters. The Morgan fingerprint density at radius 2 is 1.78 bits per heavy atom. The van der Waals surface area contributed by atoms with Crippen LogP contribution in [0.15, 0.2) is 36.5 Å². The summed E-state index contributed by atoms with van der Waals surface area (Å²) in [6.07, 6.45) is 5.60. The highest BCUT2D eigenvalue weighted by molar-refractivity contribution is 5.90. The molecule has 7 heteroatoms. The minimum Gasteiger partial charge on any atom is -0.363 e. The van der Waals surface area contributed by atoms with Crippen LogP contribution in [0.3, 0.4) is 0 Å². The van der Waals surface area contributed by atoms with E-state index in [1.807, 2.05) is 56.3 Å². The molecule has 144 valence electrons. The average molecular weight is 368 g/mol. The second-order valence-electron chi connectivity index (χ2n) is 7.24. The number of hydrogen-bond donors (Lipinski definition) is 3. The predicted molar refractivity (Wildman–Crippen MR) is 109 cm³/mol. The van der Waals surface area contributed by atoms with E-state index in [4.69, 9.17) is 0 Å². The molecule has 0 aliphatic heterocycles. The summed E-state index contributed by atoms with van der Waals surface area (Å²) < 4.78 is 0. The summed E-state index contributed by atoms with van der Waals surface area (Å²) in [7, 11) is 3.93. The van der Waals surface area contributed by atoms with Gasteiger partial charge >= 0.3 is 6.03 Å². The van der Waals surface area contributed by atoms with Gasteiger partial charge < -0.3 is 20.9 Å². The molecule has 3 rings (SSSR count). The van der Waals surface area contributed by atoms with Crippen LogP contribution in [0.4, 0.5) is 22.2 Å². The molecule has 1 fully saturated rings. The van der Waals surface area contributed by atoms with Crippen LogP contribution in [0, 0.1) is 6.92 Å². The van der Waals surface area contributed by atoms with Gasteiger partial charge in [0.1, 0.15) is 5.82 Å². The zero-order valence-electron chi connectivity index (χ0n) is 16.2. The summed E-state index contributed by atoms with van der Waals surface area (Å²) in [6.45, 7) is 1.99. The lowest BCUT2D eigenvalue weighted by atomic mass is 9.91. The molecule has 0 saturated heterocycles. The van der Waals surface area contributed by atoms with Gasteiger partial charge in [-0.3, -0.25) is 0 Å². The first-order valence-corrected chi connectivity index (χ1v) is 9.41. The highest BCUT2D eigenvalue weighted by Crippen LogP contribution is 2.22. The normalized spacial score (nSPS) is 19.2. The molecular formula is C20H28N6O. The molecule has 0 spiro atoms. The van der Waals surface area contributed by atoms with Gasteiger partial charge in [-0.05, 0) is 50.3 Å². The van der Waals surface area contributed by atoms with Gasteiger partial charge in [0.2, 0.25) is 5.95 Å². The maximum absolute atomic E-state index is 12.2. The Morgan fingerprint density at radius 1 is 1.07 bits per heavy atom. The van der Waals surface area contributed by atoms with E-state index >= 15 is 0 Å². The van der Waals surface area contributed by atoms with E-state index in [0.717, 1.165) is 42.8 Å². The summed E-state index contributed by atoms with van der Waals surface area (Å²) in [4.78, 5) is 23.0. The monoisotopic (exact) mass is 368 g/mol. The highest BCUT2D eigenvalue weighted by Gasteiger charge is 2.23. The summed E-state index contributed by atoms with van der Waals surface area (Å²) >= 11 is 0. The third-order valence-electron chi connectivity index (χ3n) is 4.89. The first-order chi connectivity index (χ1) is 13.0. The van der Waals surface area contributed by atoms with E-state index in [0.29, 0.717) is 12.0 Å². The number of benzene rings is 1. The van der Waals surface area contributed by atoms with Crippen LogP contribution in [-0.2, 0) is 0 Å². The molecule has 7 nitrogen and oxygen atoms in total. The van der Waals surface area contributed by atoms with Crippen LogP contribution < -0.4 is 20.9 Å². The molecule has 1 saturated carbocycles. The van der Waals surface area contributed by atoms with Crippen molar-refractivity contribution in [3.8, 4) is 0 Å². The van der Waals surface area contributed by atoms with E-state index in [9.17, 15) is 4.79 Å². The second kappa shape index (κ2) is 8.70. The number of carbonyl (C=O) groups excluding carboxylic acids is 1. The largest absolute Gasteiger partial charge is 0.363 e. The van der Waals surface area contributed by atoms with Crippen LogP contribution in [0.2, 0.25) is 0 Å². The van der Waals surface area contributed by atoms with Gasteiger partial charge in [-0.25, -0.2) is 9.78 Å². The number of carbonyl (C=O) groups is 1. The van der Waals surface area contributed by atoms with Crippen molar-refractivity contribution in [2.24, 2.45) is 0 Å². The van der Waals surface area contributed by atoms with E-state index in [1.165, 1.54) is 0 Å². The second-order valence-corrected chi connectivity index (χ2v) is 7.24. The van der Waals surface area contributed by atoms with Crippen molar-refractivity contribution in [2.45, 2.75) is 44.7 Å². The average Bonchev–Trinajstić information content (AvgIpc) is 2.65. The summed E-state index contributed by atoms with van der Waals surface area (Å²) in [5, 5.41) is 9.44. The third kappa shape index (κ3) is 5.32. The zero-order chi connectivity index (χ0) is 19.2. The lowest BCUT2D eigenvalue weighted by Crippen LogP contribution is -2.42. The number of para-hydroxylation sites is 1. The highest BCUT2D eigenvalue weighted by atomic mass is 16.2. The minimum absolute atomic E-state index is 0.136. The van der Waals surface area contributed by atoms with Gasteiger partial charge in [-0.1, -0.05) is 18.2 Å². The van der Waals surface area contributed by atoms with E-state index in [1.54, 1.807) is 6.20 Å². The Hall–Kier alpha value is -2.83. The standard InChI is InChI=1S/C20H28N6O/c1-14-6-4-5-7-17(14)24-20(27)23-16-10-8-15(9-11-16)22-19-21-13-12-18(25-19)26(2)3/h4-7,12-13,15-16H,8-11H2,1-3H3,(H,21,22,25)(H2,23,24,27)/t15-,16+. The lowest BCUT2D eigenvalue weighted by Gasteiger charge is -2.29. The van der Waals surface area contributed by atoms with Gasteiger partial charge in [0.05, 0.1) is 0 Å². The van der Waals surface area contributed by atoms with Gasteiger partial charge in [-0.15, -0.1) is 0 Å². The van der Waals surface area contributed by atoms with Crippen LogP contribution in [0.1, 0.15) is 31.2 Å². The van der Waals surface area contributed by atoms with Crippen molar-refractivity contribution in [3.63, 3.8) is 0 Å². The number of anilines is 3. The van der Waals surface area contributed by atoms with Crippen molar-refractivity contribution in [3.05, 3.63) is 42.1 Å². The van der Waals surface area contributed by atoms with E-state index in [2.05, 4.69) is 25.9 Å². The fourth-order valence-electron chi connectivity index (χ4n) is 3.29. The topological polar surface area (TPSA) is 82.2 Å². The van der Waals surface area contributed by atoms with Crippen molar-refractivity contribution in [1.82, 2.24) is 15.3 Å². The molecule has 0 bridgehead atoms. The van der Waals surface area contributed by atoms with Crippen molar-refractivity contribution < 1.29 is 4.79 Å². The lowest BCUT2D eigenvalue weighted by molar-refractivity contribution is 0.243. The third-order valence-corrected chi connectivity index (χ3v) is 4.89. The SMILES string of the molecule is Cc1ccccc1NC(=O)N[C@H]1CC[C@@H](Nc2nccc(N(C)C)n2)CC1. The number of aromatic nitrogens is 2. The number of nitrogens with zero attached hydrogens (tertiary/aromatic N) is 3. The van der Waals surface area contributed by atoms with Crippen molar-refractivity contribution in [1.29, 1.82) is 0 Å². The molecule has 3 N–H and O–H groups in total. The first kappa shape index (κ1) is 18.9. The Kier molecular flexibility index (Phi) is 6.11. The van der Waals surface area contributed by atoms with E-state index < -0.39 is 0 Å². The molecule has 1 aliphatic rings. The molecule has 1 aromatic carbocycles. The number of urea groups is 1. The predicted octanol–water partition coefficient (Wildman–Crippen LogP) is 3.40. The molecule has 0 radical (unpaired) electrons. The maximum atomic E-state index is 12.2. The van der Waals surface area contributed by atoms with Crippen molar-refractivity contribution >= 4 is 23.5 Å². The Bertz CT molecular complexity index is 771. The number of aryl methyl sites for hydroxylation is 1. The molecule has 1 aromatic heterocycles. The quantitative estimate of drug-likeness (QED) is 0.753. The van der Waals surface area contributed by atoms with Crippen LogP contribution >= 0.6 is 0 Å². The number of hydrogen-bond acceptors (Lipinski definition) is 5. The molecule has 1 aliphatic carbocycles. The minimum atomic E-state index is -0.136. The van der Waals surface area contributed by atoms with Gasteiger partial charge in [0, 0.05) is 38.1 Å². The summed E-state index contributed by atoms with van der Waals surface area (Å²) in [6, 6.07) is 10.1. The molecule has 2 amide bonds. The first-order valence-electron chi connectivity index (χ1n) is 9.41. The summed E-state index contributed by atoms with van der Waals surface area (Å²) in [5.41, 5.74) is 1.91. The molecule has 1 heterocycles. The van der Waals surface area contributed by atoms with Crippen molar-refractivity contribution in [2.75, 3.05) is 29.6 Å². The number of nitrogens with one attached hydrogen (secondary N) is 3. The van der Waals surface area contributed by atoms with Crippen LogP contribution in [0.5, 0.6) is 0 Å². The van der Waals surface area contributed by atoms with Gasteiger partial charge in [-0.2, -0.15) is 4.98 Å². The summed E-state index contributed by atoms with van der Waals surface area (Å²) in [5.74, 6) is 1.55. The van der Waals surface area contributed by atoms with Gasteiger partial charge in [0.15, 0.2) is 0 Å². The zero-order valence-corrected chi connectivity index (χ0v) is 16.2. The Balaban J connectivity index is 1.45. The number of amides is 2. The molecule has 2 aromatic rings. The fraction of sp³-hybridized carbons (Fsp3) is 0.450. The number of rotatable bonds is 5.